The smallest absolute Gasteiger partial charge is 0.235 e. The molecule has 0 bridgehead atoms. The summed E-state index contributed by atoms with van der Waals surface area (Å²) in [6.07, 6.45) is 1.05. The number of nitrogens with two attached hydrogens (primary N) is 1. The van der Waals surface area contributed by atoms with Crippen LogP contribution in [0.3, 0.4) is 0 Å². The molecular weight excluding hydrogens is 212 g/mol. The third-order valence-electron chi connectivity index (χ3n) is 3.81. The van der Waals surface area contributed by atoms with Gasteiger partial charge in [0.05, 0.1) is 6.04 Å². The van der Waals surface area contributed by atoms with E-state index < -0.39 is 0 Å². The van der Waals surface area contributed by atoms with Gasteiger partial charge in [0.25, 0.3) is 0 Å². The Morgan fingerprint density at radius 2 is 2.06 bits per heavy atom. The Morgan fingerprint density at radius 3 is 2.65 bits per heavy atom. The maximum Gasteiger partial charge on any atom is 0.235 e. The molecule has 3 nitrogen and oxygen atoms in total. The van der Waals surface area contributed by atoms with E-state index in [9.17, 15) is 4.79 Å². The van der Waals surface area contributed by atoms with Crippen LogP contribution in [0.15, 0.2) is 30.3 Å². The van der Waals surface area contributed by atoms with Crippen molar-refractivity contribution in [2.75, 3.05) is 6.54 Å². The van der Waals surface area contributed by atoms with E-state index in [1.54, 1.807) is 0 Å². The van der Waals surface area contributed by atoms with Gasteiger partial charge >= 0.3 is 0 Å². The molecule has 0 aromatic heterocycles. The fourth-order valence-electron chi connectivity index (χ4n) is 2.78. The lowest BCUT2D eigenvalue weighted by atomic mass is 10.0. The first kappa shape index (κ1) is 12.1. The van der Waals surface area contributed by atoms with Gasteiger partial charge in [0, 0.05) is 6.04 Å². The van der Waals surface area contributed by atoms with Crippen molar-refractivity contribution >= 4 is 5.91 Å². The van der Waals surface area contributed by atoms with Crippen molar-refractivity contribution in [3.63, 3.8) is 0 Å². The second-order valence-corrected chi connectivity index (χ2v) is 4.94. The lowest BCUT2D eigenvalue weighted by Crippen LogP contribution is -2.44. The van der Waals surface area contributed by atoms with Crippen LogP contribution in [-0.2, 0) is 4.79 Å². The molecule has 1 aliphatic rings. The number of primary amides is 1. The van der Waals surface area contributed by atoms with Crippen molar-refractivity contribution in [3.05, 3.63) is 35.9 Å². The van der Waals surface area contributed by atoms with Crippen molar-refractivity contribution in [1.82, 2.24) is 4.90 Å². The van der Waals surface area contributed by atoms with E-state index in [4.69, 9.17) is 5.73 Å². The highest BCUT2D eigenvalue weighted by molar-refractivity contribution is 5.80. The standard InChI is InChI=1S/C14H20N2O/c1-10-8-9-16(13(10)14(15)17)11(2)12-6-4-3-5-7-12/h3-7,10-11,13H,8-9H2,1-2H3,(H2,15,17). The number of hydrogen-bond acceptors (Lipinski definition) is 2. The van der Waals surface area contributed by atoms with Crippen molar-refractivity contribution in [3.8, 4) is 0 Å². The number of carbonyl (C=O) groups excluding carboxylic acids is 1. The fourth-order valence-corrected chi connectivity index (χ4v) is 2.78. The Bertz CT molecular complexity index is 390. The van der Waals surface area contributed by atoms with E-state index in [1.807, 2.05) is 18.2 Å². The van der Waals surface area contributed by atoms with Crippen LogP contribution in [0.25, 0.3) is 0 Å². The second-order valence-electron chi connectivity index (χ2n) is 4.94. The van der Waals surface area contributed by atoms with Gasteiger partial charge in [-0.25, -0.2) is 0 Å². The minimum Gasteiger partial charge on any atom is -0.368 e. The van der Waals surface area contributed by atoms with Crippen molar-refractivity contribution in [2.45, 2.75) is 32.4 Å². The maximum absolute atomic E-state index is 11.5. The summed E-state index contributed by atoms with van der Waals surface area (Å²) >= 11 is 0. The van der Waals surface area contributed by atoms with Gasteiger partial charge in [-0.3, -0.25) is 9.69 Å². The Balaban J connectivity index is 2.20. The van der Waals surface area contributed by atoms with Gasteiger partial charge in [0.1, 0.15) is 0 Å². The average Bonchev–Trinajstić information content (AvgIpc) is 2.71. The van der Waals surface area contributed by atoms with Crippen LogP contribution in [-0.4, -0.2) is 23.4 Å². The zero-order valence-corrected chi connectivity index (χ0v) is 10.5. The zero-order chi connectivity index (χ0) is 12.4. The van der Waals surface area contributed by atoms with Crippen LogP contribution in [0, 0.1) is 5.92 Å². The van der Waals surface area contributed by atoms with Crippen molar-refractivity contribution in [1.29, 1.82) is 0 Å². The minimum absolute atomic E-state index is 0.120. The van der Waals surface area contributed by atoms with Crippen LogP contribution < -0.4 is 5.73 Å². The molecular formula is C14H20N2O. The fraction of sp³-hybridized carbons (Fsp3) is 0.500. The van der Waals surface area contributed by atoms with Crippen LogP contribution in [0.1, 0.15) is 31.9 Å². The number of likely N-dealkylation sites (tertiary alicyclic amines) is 1. The Morgan fingerprint density at radius 1 is 1.41 bits per heavy atom. The summed E-state index contributed by atoms with van der Waals surface area (Å²) in [6.45, 7) is 5.20. The molecule has 1 aliphatic heterocycles. The van der Waals surface area contributed by atoms with E-state index in [1.165, 1.54) is 5.56 Å². The molecule has 92 valence electrons. The highest BCUT2D eigenvalue weighted by Crippen LogP contribution is 2.32. The van der Waals surface area contributed by atoms with Gasteiger partial charge in [0.2, 0.25) is 5.91 Å². The summed E-state index contributed by atoms with van der Waals surface area (Å²) in [6, 6.07) is 10.4. The largest absolute Gasteiger partial charge is 0.368 e. The monoisotopic (exact) mass is 232 g/mol. The molecule has 2 N–H and O–H groups in total. The first-order chi connectivity index (χ1) is 8.11. The van der Waals surface area contributed by atoms with Crippen LogP contribution in [0.4, 0.5) is 0 Å². The Kier molecular flexibility index (Phi) is 3.48. The van der Waals surface area contributed by atoms with Crippen molar-refractivity contribution in [2.24, 2.45) is 11.7 Å². The third kappa shape index (κ3) is 2.34. The molecule has 1 saturated heterocycles. The second kappa shape index (κ2) is 4.88. The molecule has 1 heterocycles. The SMILES string of the molecule is CC1CCN(C(C)c2ccccc2)C1C(N)=O. The molecule has 1 aromatic rings. The zero-order valence-electron chi connectivity index (χ0n) is 10.5. The molecule has 17 heavy (non-hydrogen) atoms. The number of nitrogens with zero attached hydrogens (tertiary/aromatic N) is 1. The average molecular weight is 232 g/mol. The number of rotatable bonds is 3. The Hall–Kier alpha value is -1.35. The maximum atomic E-state index is 11.5. The normalized spacial score (nSPS) is 26.9. The summed E-state index contributed by atoms with van der Waals surface area (Å²) in [7, 11) is 0. The number of hydrogen-bond donors (Lipinski definition) is 1. The lowest BCUT2D eigenvalue weighted by molar-refractivity contribution is -0.123. The quantitative estimate of drug-likeness (QED) is 0.865. The first-order valence-electron chi connectivity index (χ1n) is 6.21. The van der Waals surface area contributed by atoms with E-state index in [2.05, 4.69) is 30.9 Å². The molecule has 2 rings (SSSR count). The van der Waals surface area contributed by atoms with Gasteiger partial charge in [0.15, 0.2) is 0 Å². The minimum atomic E-state index is -0.196. The topological polar surface area (TPSA) is 46.3 Å². The summed E-state index contributed by atoms with van der Waals surface area (Å²) < 4.78 is 0. The number of benzene rings is 1. The summed E-state index contributed by atoms with van der Waals surface area (Å²) in [5.41, 5.74) is 6.76. The third-order valence-corrected chi connectivity index (χ3v) is 3.81. The van der Waals surface area contributed by atoms with Gasteiger partial charge in [-0.15, -0.1) is 0 Å². The summed E-state index contributed by atoms with van der Waals surface area (Å²) in [4.78, 5) is 13.8. The van der Waals surface area contributed by atoms with E-state index in [-0.39, 0.29) is 18.0 Å². The summed E-state index contributed by atoms with van der Waals surface area (Å²) in [5.74, 6) is 0.163. The molecule has 0 saturated carbocycles. The first-order valence-corrected chi connectivity index (χ1v) is 6.21. The van der Waals surface area contributed by atoms with Crippen LogP contribution in [0.2, 0.25) is 0 Å². The number of amides is 1. The van der Waals surface area contributed by atoms with E-state index in [0.29, 0.717) is 5.92 Å². The predicted octanol–water partition coefficient (Wildman–Crippen LogP) is 1.94. The van der Waals surface area contributed by atoms with Gasteiger partial charge < -0.3 is 5.73 Å². The molecule has 1 amide bonds. The predicted molar refractivity (Wildman–Crippen MR) is 68.3 cm³/mol. The molecule has 3 heteroatoms. The van der Waals surface area contributed by atoms with Gasteiger partial charge in [-0.1, -0.05) is 37.3 Å². The van der Waals surface area contributed by atoms with Crippen LogP contribution in [0.5, 0.6) is 0 Å². The molecule has 1 aromatic carbocycles. The molecule has 3 unspecified atom stereocenters. The van der Waals surface area contributed by atoms with Gasteiger partial charge in [-0.2, -0.15) is 0 Å². The highest BCUT2D eigenvalue weighted by Gasteiger charge is 2.37. The lowest BCUT2D eigenvalue weighted by Gasteiger charge is -2.30. The molecule has 0 radical (unpaired) electrons. The molecule has 0 aliphatic carbocycles. The Labute approximate surface area is 103 Å². The summed E-state index contributed by atoms with van der Waals surface area (Å²) in [5, 5.41) is 0. The number of carbonyl (C=O) groups is 1. The molecule has 1 fully saturated rings. The van der Waals surface area contributed by atoms with Crippen molar-refractivity contribution < 1.29 is 4.79 Å². The van der Waals surface area contributed by atoms with E-state index in [0.717, 1.165) is 13.0 Å². The van der Waals surface area contributed by atoms with E-state index >= 15 is 0 Å². The highest BCUT2D eigenvalue weighted by atomic mass is 16.1. The van der Waals surface area contributed by atoms with Crippen LogP contribution >= 0.6 is 0 Å². The van der Waals surface area contributed by atoms with Gasteiger partial charge in [-0.05, 0) is 31.4 Å². The molecule has 0 spiro atoms. The molecule has 3 atom stereocenters.